The van der Waals surface area contributed by atoms with Crippen molar-refractivity contribution in [1.82, 2.24) is 10.2 Å². The molecule has 2 heterocycles. The second-order valence-electron chi connectivity index (χ2n) is 7.59. The highest BCUT2D eigenvalue weighted by Gasteiger charge is 2.58. The molecule has 1 fully saturated rings. The lowest BCUT2D eigenvalue weighted by Gasteiger charge is -2.29. The number of nitrogens with zero attached hydrogens (tertiary/aromatic N) is 1. The first-order valence-electron chi connectivity index (χ1n) is 8.76. The van der Waals surface area contributed by atoms with E-state index in [4.69, 9.17) is 9.47 Å². The van der Waals surface area contributed by atoms with Crippen molar-refractivity contribution in [1.29, 1.82) is 0 Å². The van der Waals surface area contributed by atoms with Crippen molar-refractivity contribution >= 4 is 23.6 Å². The van der Waals surface area contributed by atoms with E-state index in [1.54, 1.807) is 23.8 Å². The number of carbonyl (C=O) groups is 2. The fraction of sp³-hybridized carbons (Fsp3) is 0.579. The smallest absolute Gasteiger partial charge is 0.260 e. The van der Waals surface area contributed by atoms with Crippen LogP contribution in [0.3, 0.4) is 0 Å². The average Bonchev–Trinajstić information content (AvgIpc) is 3.01. The van der Waals surface area contributed by atoms with Gasteiger partial charge >= 0.3 is 0 Å². The zero-order valence-corrected chi connectivity index (χ0v) is 16.9. The highest BCUT2D eigenvalue weighted by Crippen LogP contribution is 2.58. The van der Waals surface area contributed by atoms with Crippen LogP contribution in [0, 0.1) is 5.92 Å². The van der Waals surface area contributed by atoms with Crippen LogP contribution in [0.4, 0.5) is 0 Å². The van der Waals surface area contributed by atoms with Crippen LogP contribution in [-0.4, -0.2) is 48.3 Å². The van der Waals surface area contributed by atoms with Crippen LogP contribution in [0.25, 0.3) is 0 Å². The van der Waals surface area contributed by atoms with Crippen LogP contribution in [0.5, 0.6) is 11.5 Å². The Morgan fingerprint density at radius 3 is 2.58 bits per heavy atom. The fourth-order valence-corrected chi connectivity index (χ4v) is 5.24. The summed E-state index contributed by atoms with van der Waals surface area (Å²) in [5.74, 6) is 1.02. The number of amides is 2. The molecule has 1 aromatic rings. The lowest BCUT2D eigenvalue weighted by molar-refractivity contribution is -0.126. The molecule has 1 N–H and O–H groups in total. The van der Waals surface area contributed by atoms with E-state index in [-0.39, 0.29) is 21.9 Å². The minimum Gasteiger partial charge on any atom is -0.493 e. The Kier molecular flexibility index (Phi) is 4.86. The topological polar surface area (TPSA) is 67.9 Å². The van der Waals surface area contributed by atoms with Crippen molar-refractivity contribution < 1.29 is 19.1 Å². The van der Waals surface area contributed by atoms with Gasteiger partial charge in [-0.3, -0.25) is 9.59 Å². The molecular formula is C19H26N2O4S. The fourth-order valence-electron chi connectivity index (χ4n) is 3.66. The van der Waals surface area contributed by atoms with Crippen molar-refractivity contribution in [2.45, 2.75) is 43.9 Å². The molecule has 1 aromatic carbocycles. The largest absolute Gasteiger partial charge is 0.493 e. The third-order valence-corrected chi connectivity index (χ3v) is 6.36. The predicted molar refractivity (Wildman–Crippen MR) is 102 cm³/mol. The van der Waals surface area contributed by atoms with Gasteiger partial charge in [-0.05, 0) is 25.8 Å². The highest BCUT2D eigenvalue weighted by atomic mass is 32.2. The number of ether oxygens (including phenoxy) is 2. The summed E-state index contributed by atoms with van der Waals surface area (Å²) in [6, 6.07) is 3.18. The Labute approximate surface area is 158 Å². The zero-order chi connectivity index (χ0) is 19.2. The molecule has 7 heteroatoms. The Balaban J connectivity index is 2.01. The number of benzene rings is 1. The van der Waals surface area contributed by atoms with Gasteiger partial charge in [0.05, 0.1) is 19.8 Å². The Bertz CT molecular complexity index is 747. The minimum atomic E-state index is -0.535. The molecule has 0 unspecified atom stereocenters. The summed E-state index contributed by atoms with van der Waals surface area (Å²) < 4.78 is 10.4. The Morgan fingerprint density at radius 1 is 1.31 bits per heavy atom. The normalized spacial score (nSPS) is 23.0. The Hall–Kier alpha value is -1.89. The quantitative estimate of drug-likeness (QED) is 0.853. The molecule has 0 aliphatic carbocycles. The van der Waals surface area contributed by atoms with E-state index in [0.717, 1.165) is 5.56 Å². The molecule has 2 aliphatic heterocycles. The van der Waals surface area contributed by atoms with Gasteiger partial charge in [-0.15, -0.1) is 11.8 Å². The van der Waals surface area contributed by atoms with Gasteiger partial charge in [-0.2, -0.15) is 0 Å². The van der Waals surface area contributed by atoms with E-state index in [0.29, 0.717) is 29.5 Å². The first-order chi connectivity index (χ1) is 12.2. The second kappa shape index (κ2) is 6.68. The van der Waals surface area contributed by atoms with Gasteiger partial charge in [-0.25, -0.2) is 0 Å². The molecular weight excluding hydrogens is 352 g/mol. The van der Waals surface area contributed by atoms with Gasteiger partial charge in [0.25, 0.3) is 5.91 Å². The minimum absolute atomic E-state index is 0.106. The molecule has 0 aromatic heterocycles. The second-order valence-corrected chi connectivity index (χ2v) is 9.33. The number of nitrogens with one attached hydrogen (secondary N) is 1. The van der Waals surface area contributed by atoms with Crippen LogP contribution >= 0.6 is 11.8 Å². The molecule has 0 spiro atoms. The van der Waals surface area contributed by atoms with Gasteiger partial charge in [0, 0.05) is 16.9 Å². The van der Waals surface area contributed by atoms with E-state index in [2.05, 4.69) is 5.32 Å². The Morgan fingerprint density at radius 2 is 2.00 bits per heavy atom. The molecule has 0 radical (unpaired) electrons. The van der Waals surface area contributed by atoms with Crippen molar-refractivity contribution in [3.8, 4) is 11.5 Å². The van der Waals surface area contributed by atoms with E-state index < -0.39 is 6.04 Å². The summed E-state index contributed by atoms with van der Waals surface area (Å²) in [5, 5.41) is 2.80. The number of hydrogen-bond acceptors (Lipinski definition) is 5. The molecule has 2 aliphatic rings. The summed E-state index contributed by atoms with van der Waals surface area (Å²) in [6.07, 6.45) is 0. The lowest BCUT2D eigenvalue weighted by Crippen LogP contribution is -2.52. The van der Waals surface area contributed by atoms with E-state index in [1.807, 2.05) is 39.8 Å². The predicted octanol–water partition coefficient (Wildman–Crippen LogP) is 2.82. The summed E-state index contributed by atoms with van der Waals surface area (Å²) in [6.45, 7) is 8.72. The monoisotopic (exact) mass is 378 g/mol. The van der Waals surface area contributed by atoms with Crippen molar-refractivity contribution in [3.05, 3.63) is 23.3 Å². The van der Waals surface area contributed by atoms with E-state index in [1.165, 1.54) is 7.11 Å². The maximum Gasteiger partial charge on any atom is 0.260 e. The maximum atomic E-state index is 13.3. The summed E-state index contributed by atoms with van der Waals surface area (Å²) in [7, 11) is 3.07. The number of rotatable bonds is 5. The molecule has 2 atom stereocenters. The van der Waals surface area contributed by atoms with E-state index >= 15 is 0 Å². The van der Waals surface area contributed by atoms with Gasteiger partial charge < -0.3 is 19.7 Å². The van der Waals surface area contributed by atoms with Crippen LogP contribution in [-0.2, 0) is 4.79 Å². The third kappa shape index (κ3) is 2.82. The average molecular weight is 378 g/mol. The highest BCUT2D eigenvalue weighted by molar-refractivity contribution is 8.01. The summed E-state index contributed by atoms with van der Waals surface area (Å²) in [4.78, 5) is 27.9. The van der Waals surface area contributed by atoms with Gasteiger partial charge in [0.1, 0.15) is 11.4 Å². The van der Waals surface area contributed by atoms with Crippen LogP contribution < -0.4 is 14.8 Å². The summed E-state index contributed by atoms with van der Waals surface area (Å²) >= 11 is 1.64. The molecule has 26 heavy (non-hydrogen) atoms. The van der Waals surface area contributed by atoms with Crippen LogP contribution in [0.1, 0.15) is 49.0 Å². The van der Waals surface area contributed by atoms with E-state index in [9.17, 15) is 9.59 Å². The molecule has 3 rings (SSSR count). The third-order valence-electron chi connectivity index (χ3n) is 4.83. The maximum absolute atomic E-state index is 13.3. The van der Waals surface area contributed by atoms with Crippen molar-refractivity contribution in [2.75, 3.05) is 20.8 Å². The van der Waals surface area contributed by atoms with Crippen LogP contribution in [0.2, 0.25) is 0 Å². The molecule has 0 bridgehead atoms. The molecule has 2 amide bonds. The molecule has 0 saturated carbocycles. The number of thioether (sulfide) groups is 1. The first kappa shape index (κ1) is 18.9. The van der Waals surface area contributed by atoms with Gasteiger partial charge in [-0.1, -0.05) is 19.9 Å². The van der Waals surface area contributed by atoms with Crippen molar-refractivity contribution in [3.63, 3.8) is 0 Å². The first-order valence-corrected chi connectivity index (χ1v) is 9.64. The molecule has 142 valence electrons. The van der Waals surface area contributed by atoms with Gasteiger partial charge in [0.15, 0.2) is 11.5 Å². The molecule has 1 saturated heterocycles. The lowest BCUT2D eigenvalue weighted by atomic mass is 10.0. The number of methoxy groups -OCH3 is 2. The van der Waals surface area contributed by atoms with Gasteiger partial charge in [0.2, 0.25) is 5.91 Å². The summed E-state index contributed by atoms with van der Waals surface area (Å²) in [5.41, 5.74) is 1.38. The zero-order valence-electron chi connectivity index (χ0n) is 16.1. The molecule has 6 nitrogen and oxygen atoms in total. The van der Waals surface area contributed by atoms with Crippen LogP contribution in [0.15, 0.2) is 12.1 Å². The number of fused-ring (bicyclic) bond motifs is 3. The SMILES string of the molecule is COc1ccc2c(c1OC)C(=O)N1[C@H]2SC(C)(C)[C@H]1C(=O)NCC(C)C. The number of carbonyl (C=O) groups excluding carboxylic acids is 2. The standard InChI is InChI=1S/C19H26N2O4S/c1-10(2)9-20-16(22)15-19(3,4)26-18-11-7-8-12(24-5)14(25-6)13(11)17(23)21(15)18/h7-8,10,15,18H,9H2,1-6H3,(H,20,22)/t15-,18+/m1/s1. The van der Waals surface area contributed by atoms with Crippen molar-refractivity contribution in [2.24, 2.45) is 5.92 Å². The number of hydrogen-bond donors (Lipinski definition) is 1.